The van der Waals surface area contributed by atoms with Crippen LogP contribution in [-0.4, -0.2) is 35.2 Å². The average molecular weight is 298 g/mol. The van der Waals surface area contributed by atoms with Gasteiger partial charge in [-0.1, -0.05) is 13.8 Å². The van der Waals surface area contributed by atoms with Gasteiger partial charge in [-0.05, 0) is 25.2 Å². The quantitative estimate of drug-likeness (QED) is 0.664. The van der Waals surface area contributed by atoms with Crippen LogP contribution in [0.4, 0.5) is 13.2 Å². The third-order valence-corrected chi connectivity index (χ3v) is 2.88. The summed E-state index contributed by atoms with van der Waals surface area (Å²) in [7, 11) is 0. The van der Waals surface area contributed by atoms with Gasteiger partial charge >= 0.3 is 12.1 Å². The third kappa shape index (κ3) is 5.77. The van der Waals surface area contributed by atoms with E-state index in [0.717, 1.165) is 0 Å². The molecule has 2 unspecified atom stereocenters. The Balaban J connectivity index is 4.62. The van der Waals surface area contributed by atoms with E-state index in [2.05, 4.69) is 5.32 Å². The van der Waals surface area contributed by atoms with Gasteiger partial charge in [-0.3, -0.25) is 9.59 Å². The van der Waals surface area contributed by atoms with Crippen LogP contribution in [0.1, 0.15) is 33.6 Å². The molecule has 0 spiro atoms. The van der Waals surface area contributed by atoms with Crippen LogP contribution in [0.25, 0.3) is 0 Å². The Hall–Kier alpha value is -1.31. The number of hydrogen-bond donors (Lipinski definition) is 3. The van der Waals surface area contributed by atoms with Crippen LogP contribution in [0, 0.1) is 11.8 Å². The fourth-order valence-corrected chi connectivity index (χ4v) is 1.70. The number of nitrogens with one attached hydrogen (secondary N) is 1. The van der Waals surface area contributed by atoms with E-state index in [-0.39, 0.29) is 18.9 Å². The van der Waals surface area contributed by atoms with Crippen LogP contribution >= 0.6 is 0 Å². The highest BCUT2D eigenvalue weighted by Gasteiger charge is 2.53. The summed E-state index contributed by atoms with van der Waals surface area (Å²) in [4.78, 5) is 22.2. The number of nitrogens with two attached hydrogens (primary N) is 1. The first-order chi connectivity index (χ1) is 8.87. The molecule has 0 fully saturated rings. The van der Waals surface area contributed by atoms with Gasteiger partial charge in [0.15, 0.2) is 5.54 Å². The average Bonchev–Trinajstić information content (AvgIpc) is 2.21. The van der Waals surface area contributed by atoms with Crippen LogP contribution in [0.15, 0.2) is 0 Å². The lowest BCUT2D eigenvalue weighted by molar-refractivity contribution is -0.187. The van der Waals surface area contributed by atoms with E-state index >= 15 is 0 Å². The number of carboxylic acid groups (broad SMARTS) is 1. The van der Waals surface area contributed by atoms with Gasteiger partial charge in [-0.2, -0.15) is 13.2 Å². The van der Waals surface area contributed by atoms with Crippen molar-refractivity contribution in [2.45, 2.75) is 45.3 Å². The van der Waals surface area contributed by atoms with Crippen molar-refractivity contribution in [2.24, 2.45) is 17.6 Å². The Morgan fingerprint density at radius 3 is 2.15 bits per heavy atom. The molecule has 2 atom stereocenters. The lowest BCUT2D eigenvalue weighted by atomic mass is 9.93. The lowest BCUT2D eigenvalue weighted by Gasteiger charge is -2.27. The van der Waals surface area contributed by atoms with Crippen LogP contribution in [0.2, 0.25) is 0 Å². The number of rotatable bonds is 7. The van der Waals surface area contributed by atoms with Crippen molar-refractivity contribution < 1.29 is 27.9 Å². The van der Waals surface area contributed by atoms with Crippen molar-refractivity contribution in [3.05, 3.63) is 0 Å². The molecule has 0 aromatic rings. The molecule has 20 heavy (non-hydrogen) atoms. The first-order valence-electron chi connectivity index (χ1n) is 6.23. The van der Waals surface area contributed by atoms with Gasteiger partial charge in [0.1, 0.15) is 0 Å². The number of amides is 1. The minimum atomic E-state index is -4.86. The first-order valence-corrected chi connectivity index (χ1v) is 6.23. The van der Waals surface area contributed by atoms with Crippen molar-refractivity contribution in [1.29, 1.82) is 0 Å². The maximum atomic E-state index is 12.5. The molecule has 0 aromatic carbocycles. The summed E-state index contributed by atoms with van der Waals surface area (Å²) < 4.78 is 37.6. The molecule has 0 aliphatic heterocycles. The number of carboxylic acids is 1. The second-order valence-electron chi connectivity index (χ2n) is 5.50. The highest BCUT2D eigenvalue weighted by molar-refractivity contribution is 5.86. The Labute approximate surface area is 115 Å². The molecule has 0 aliphatic carbocycles. The normalized spacial score (nSPS) is 16.6. The Kier molecular flexibility index (Phi) is 6.46. The summed E-state index contributed by atoms with van der Waals surface area (Å²) in [5, 5.41) is 10.8. The Bertz CT molecular complexity index is 354. The van der Waals surface area contributed by atoms with E-state index in [1.54, 1.807) is 0 Å². The molecule has 1 amide bonds. The van der Waals surface area contributed by atoms with Crippen LogP contribution in [0.5, 0.6) is 0 Å². The monoisotopic (exact) mass is 298 g/mol. The number of aliphatic carboxylic acids is 1. The predicted octanol–water partition coefficient (Wildman–Crippen LogP) is 1.52. The summed E-state index contributed by atoms with van der Waals surface area (Å²) in [6.07, 6.45) is -4.59. The van der Waals surface area contributed by atoms with Gasteiger partial charge in [-0.25, -0.2) is 0 Å². The molecule has 0 saturated carbocycles. The zero-order valence-corrected chi connectivity index (χ0v) is 11.8. The minimum absolute atomic E-state index is 0.147. The summed E-state index contributed by atoms with van der Waals surface area (Å²) in [6.45, 7) is 4.15. The summed E-state index contributed by atoms with van der Waals surface area (Å²) in [5.41, 5.74) is 1.99. The molecule has 5 nitrogen and oxygen atoms in total. The van der Waals surface area contributed by atoms with Crippen molar-refractivity contribution in [3.63, 3.8) is 0 Å². The number of halogens is 3. The molecule has 0 radical (unpaired) electrons. The number of carbonyl (C=O) groups excluding carboxylic acids is 1. The number of carbonyl (C=O) groups is 2. The molecule has 0 heterocycles. The highest BCUT2D eigenvalue weighted by atomic mass is 19.4. The first kappa shape index (κ1) is 18.7. The molecule has 0 aromatic heterocycles. The largest absolute Gasteiger partial charge is 0.481 e. The fraction of sp³-hybridized carbons (Fsp3) is 0.833. The highest BCUT2D eigenvalue weighted by Crippen LogP contribution is 2.28. The summed E-state index contributed by atoms with van der Waals surface area (Å²) in [6, 6.07) is 0. The number of alkyl halides is 3. The lowest BCUT2D eigenvalue weighted by Crippen LogP contribution is -2.61. The molecule has 0 bridgehead atoms. The zero-order chi connectivity index (χ0) is 16.1. The summed E-state index contributed by atoms with van der Waals surface area (Å²) in [5.74, 6) is -2.68. The minimum Gasteiger partial charge on any atom is -0.481 e. The third-order valence-electron chi connectivity index (χ3n) is 2.88. The van der Waals surface area contributed by atoms with E-state index < -0.39 is 29.5 Å². The van der Waals surface area contributed by atoms with E-state index in [0.29, 0.717) is 13.3 Å². The van der Waals surface area contributed by atoms with Gasteiger partial charge < -0.3 is 16.2 Å². The zero-order valence-electron chi connectivity index (χ0n) is 11.8. The second kappa shape index (κ2) is 6.92. The van der Waals surface area contributed by atoms with Crippen LogP contribution in [0.3, 0.4) is 0 Å². The van der Waals surface area contributed by atoms with Crippen molar-refractivity contribution in [2.75, 3.05) is 6.54 Å². The maximum Gasteiger partial charge on any atom is 0.415 e. The van der Waals surface area contributed by atoms with Gasteiger partial charge in [0.2, 0.25) is 5.91 Å². The standard InChI is InChI=1S/C12H21F3N2O3/c1-7(2)4-8(5-9(18)19)6-17-10(20)11(3,16)12(13,14)15/h7-8H,4-6,16H2,1-3H3,(H,17,20)(H,18,19). The fourth-order valence-electron chi connectivity index (χ4n) is 1.70. The molecule has 4 N–H and O–H groups in total. The molecule has 0 aliphatic rings. The SMILES string of the molecule is CC(C)CC(CNC(=O)C(C)(N)C(F)(F)F)CC(=O)O. The molecule has 118 valence electrons. The maximum absolute atomic E-state index is 12.5. The molecular formula is C12H21F3N2O3. The van der Waals surface area contributed by atoms with Crippen molar-refractivity contribution >= 4 is 11.9 Å². The second-order valence-corrected chi connectivity index (χ2v) is 5.50. The molecule has 0 rings (SSSR count). The molecule has 0 saturated heterocycles. The van der Waals surface area contributed by atoms with Crippen LogP contribution < -0.4 is 11.1 Å². The van der Waals surface area contributed by atoms with E-state index in [1.807, 2.05) is 13.8 Å². The van der Waals surface area contributed by atoms with E-state index in [9.17, 15) is 22.8 Å². The van der Waals surface area contributed by atoms with Gasteiger partial charge in [-0.15, -0.1) is 0 Å². The van der Waals surface area contributed by atoms with Crippen molar-refractivity contribution in [3.8, 4) is 0 Å². The predicted molar refractivity (Wildman–Crippen MR) is 66.9 cm³/mol. The summed E-state index contributed by atoms with van der Waals surface area (Å²) >= 11 is 0. The van der Waals surface area contributed by atoms with Gasteiger partial charge in [0.25, 0.3) is 0 Å². The van der Waals surface area contributed by atoms with Gasteiger partial charge in [0.05, 0.1) is 0 Å². The number of hydrogen-bond acceptors (Lipinski definition) is 3. The van der Waals surface area contributed by atoms with Gasteiger partial charge in [0, 0.05) is 13.0 Å². The smallest absolute Gasteiger partial charge is 0.415 e. The van der Waals surface area contributed by atoms with Crippen LogP contribution in [-0.2, 0) is 9.59 Å². The Morgan fingerprint density at radius 2 is 1.80 bits per heavy atom. The topological polar surface area (TPSA) is 92.4 Å². The Morgan fingerprint density at radius 1 is 1.30 bits per heavy atom. The van der Waals surface area contributed by atoms with Crippen molar-refractivity contribution in [1.82, 2.24) is 5.32 Å². The molecule has 8 heteroatoms. The van der Waals surface area contributed by atoms with E-state index in [4.69, 9.17) is 10.8 Å². The van der Waals surface area contributed by atoms with E-state index in [1.165, 1.54) is 0 Å². The molecular weight excluding hydrogens is 277 g/mol.